The lowest BCUT2D eigenvalue weighted by molar-refractivity contribution is 0.386. The summed E-state index contributed by atoms with van der Waals surface area (Å²) in [6, 6.07) is 8.16. The Morgan fingerprint density at radius 1 is 1.20 bits per heavy atom. The molecule has 0 aliphatic heterocycles. The van der Waals surface area contributed by atoms with Crippen LogP contribution in [0, 0.1) is 5.82 Å². The van der Waals surface area contributed by atoms with Gasteiger partial charge in [0.15, 0.2) is 0 Å². The summed E-state index contributed by atoms with van der Waals surface area (Å²) < 4.78 is 14.2. The van der Waals surface area contributed by atoms with Gasteiger partial charge in [-0.25, -0.2) is 9.36 Å². The summed E-state index contributed by atoms with van der Waals surface area (Å²) in [4.78, 5) is 28.8. The van der Waals surface area contributed by atoms with Crippen LogP contribution in [0.25, 0.3) is 16.6 Å². The molecule has 2 aromatic heterocycles. The number of fused-ring (bicyclic) bond motifs is 1. The Labute approximate surface area is 110 Å². The van der Waals surface area contributed by atoms with E-state index in [1.54, 1.807) is 30.5 Å². The molecule has 3 rings (SSSR count). The molecule has 0 atom stereocenters. The van der Waals surface area contributed by atoms with Crippen molar-refractivity contribution in [3.8, 4) is 11.6 Å². The van der Waals surface area contributed by atoms with Gasteiger partial charge in [0, 0.05) is 11.6 Å². The topological polar surface area (TPSA) is 88.0 Å². The average molecular weight is 273 g/mol. The largest absolute Gasteiger partial charge is 0.492 e. The molecule has 1 aromatic carbocycles. The van der Waals surface area contributed by atoms with Gasteiger partial charge >= 0.3 is 5.69 Å². The number of hydrogen-bond donors (Lipinski definition) is 2. The molecule has 0 saturated carbocycles. The van der Waals surface area contributed by atoms with Crippen molar-refractivity contribution >= 4 is 10.9 Å². The fourth-order valence-corrected chi connectivity index (χ4v) is 2.01. The number of hydrogen-bond acceptors (Lipinski definition) is 4. The van der Waals surface area contributed by atoms with Crippen LogP contribution >= 0.6 is 0 Å². The number of nitrogens with zero attached hydrogens (tertiary/aromatic N) is 2. The highest BCUT2D eigenvalue weighted by molar-refractivity contribution is 5.87. The Kier molecular flexibility index (Phi) is 2.60. The maximum absolute atomic E-state index is 13.5. The number of aromatic nitrogens is 3. The van der Waals surface area contributed by atoms with Crippen molar-refractivity contribution in [1.29, 1.82) is 0 Å². The minimum absolute atomic E-state index is 0.230. The monoisotopic (exact) mass is 273 g/mol. The Balaban J connectivity index is 2.47. The van der Waals surface area contributed by atoms with Gasteiger partial charge < -0.3 is 5.11 Å². The lowest BCUT2D eigenvalue weighted by Crippen LogP contribution is -2.31. The summed E-state index contributed by atoms with van der Waals surface area (Å²) in [5.41, 5.74) is -1.39. The molecule has 0 radical (unpaired) electrons. The second kappa shape index (κ2) is 4.30. The van der Waals surface area contributed by atoms with Gasteiger partial charge in [0.2, 0.25) is 11.7 Å². The Morgan fingerprint density at radius 2 is 2.00 bits per heavy atom. The van der Waals surface area contributed by atoms with E-state index in [-0.39, 0.29) is 5.69 Å². The lowest BCUT2D eigenvalue weighted by atomic mass is 10.2. The van der Waals surface area contributed by atoms with Crippen molar-refractivity contribution in [2.75, 3.05) is 0 Å². The predicted octanol–water partition coefficient (Wildman–Crippen LogP) is 0.919. The molecular formula is C13H8FN3O3. The third-order valence-electron chi connectivity index (χ3n) is 2.89. The molecule has 7 heteroatoms. The molecule has 0 amide bonds. The van der Waals surface area contributed by atoms with Crippen molar-refractivity contribution in [1.82, 2.24) is 14.5 Å². The van der Waals surface area contributed by atoms with Crippen molar-refractivity contribution in [3.63, 3.8) is 0 Å². The van der Waals surface area contributed by atoms with E-state index < -0.39 is 22.9 Å². The molecule has 2 heterocycles. The Hall–Kier alpha value is -2.96. The lowest BCUT2D eigenvalue weighted by Gasteiger charge is -2.10. The molecule has 0 fully saturated rings. The summed E-state index contributed by atoms with van der Waals surface area (Å²) in [5, 5.41) is 10.3. The number of nitrogens with one attached hydrogen (secondary N) is 1. The Morgan fingerprint density at radius 3 is 2.80 bits per heavy atom. The van der Waals surface area contributed by atoms with Gasteiger partial charge in [-0.1, -0.05) is 6.07 Å². The molecule has 0 saturated heterocycles. The van der Waals surface area contributed by atoms with Crippen LogP contribution in [0.5, 0.6) is 5.88 Å². The molecule has 6 nitrogen and oxygen atoms in total. The standard InChI is InChI=1S/C13H8FN3O3/c14-10-11(18)16-13(20)17(12(10)19)9-5-1-4-8-7(9)3-2-6-15-8/h1-6,19H,(H,16,18,20). The number of benzene rings is 1. The second-order valence-corrected chi connectivity index (χ2v) is 4.08. The van der Waals surface area contributed by atoms with E-state index in [1.807, 2.05) is 4.98 Å². The number of aromatic amines is 1. The van der Waals surface area contributed by atoms with Crippen LogP contribution in [0.1, 0.15) is 0 Å². The summed E-state index contributed by atoms with van der Waals surface area (Å²) in [6.45, 7) is 0. The average Bonchev–Trinajstić information content (AvgIpc) is 2.45. The van der Waals surface area contributed by atoms with Crippen molar-refractivity contribution in [2.45, 2.75) is 0 Å². The highest BCUT2D eigenvalue weighted by Gasteiger charge is 2.16. The maximum atomic E-state index is 13.5. The quantitative estimate of drug-likeness (QED) is 0.690. The van der Waals surface area contributed by atoms with Crippen molar-refractivity contribution in [3.05, 3.63) is 63.2 Å². The molecule has 0 aliphatic rings. The third-order valence-corrected chi connectivity index (χ3v) is 2.89. The molecule has 2 N–H and O–H groups in total. The minimum Gasteiger partial charge on any atom is -0.492 e. The van der Waals surface area contributed by atoms with Gasteiger partial charge in [-0.2, -0.15) is 4.39 Å². The van der Waals surface area contributed by atoms with E-state index in [0.29, 0.717) is 15.5 Å². The fourth-order valence-electron chi connectivity index (χ4n) is 2.01. The summed E-state index contributed by atoms with van der Waals surface area (Å²) >= 11 is 0. The predicted molar refractivity (Wildman–Crippen MR) is 69.6 cm³/mol. The van der Waals surface area contributed by atoms with Crippen LogP contribution in [0.15, 0.2) is 46.1 Å². The zero-order valence-corrected chi connectivity index (χ0v) is 10.0. The number of H-pyrrole nitrogens is 1. The van der Waals surface area contributed by atoms with Gasteiger partial charge in [0.1, 0.15) is 0 Å². The number of rotatable bonds is 1. The number of aromatic hydroxyl groups is 1. The normalized spacial score (nSPS) is 10.8. The highest BCUT2D eigenvalue weighted by atomic mass is 19.1. The fraction of sp³-hybridized carbons (Fsp3) is 0. The molecule has 0 spiro atoms. The summed E-state index contributed by atoms with van der Waals surface area (Å²) in [7, 11) is 0. The Bertz CT molecular complexity index is 925. The van der Waals surface area contributed by atoms with Crippen LogP contribution in [0.3, 0.4) is 0 Å². The molecule has 0 unspecified atom stereocenters. The third kappa shape index (κ3) is 1.68. The van der Waals surface area contributed by atoms with Crippen molar-refractivity contribution < 1.29 is 9.50 Å². The smallest absolute Gasteiger partial charge is 0.335 e. The first-order chi connectivity index (χ1) is 9.59. The first kappa shape index (κ1) is 12.1. The van der Waals surface area contributed by atoms with Crippen LogP contribution in [0.2, 0.25) is 0 Å². The van der Waals surface area contributed by atoms with Gasteiger partial charge in [0.05, 0.1) is 11.2 Å². The van der Waals surface area contributed by atoms with E-state index in [2.05, 4.69) is 4.98 Å². The molecule has 3 aromatic rings. The molecular weight excluding hydrogens is 265 g/mol. The van der Waals surface area contributed by atoms with E-state index in [4.69, 9.17) is 0 Å². The first-order valence-electron chi connectivity index (χ1n) is 5.67. The van der Waals surface area contributed by atoms with E-state index >= 15 is 0 Å². The number of pyridine rings is 1. The summed E-state index contributed by atoms with van der Waals surface area (Å²) in [6.07, 6.45) is 1.57. The number of halogens is 1. The first-order valence-corrected chi connectivity index (χ1v) is 5.67. The molecule has 100 valence electrons. The van der Waals surface area contributed by atoms with Gasteiger partial charge in [0.25, 0.3) is 5.56 Å². The molecule has 0 aliphatic carbocycles. The van der Waals surface area contributed by atoms with E-state index in [1.165, 1.54) is 6.07 Å². The van der Waals surface area contributed by atoms with Crippen LogP contribution in [-0.4, -0.2) is 19.6 Å². The minimum atomic E-state index is -1.41. The highest BCUT2D eigenvalue weighted by Crippen LogP contribution is 2.22. The van der Waals surface area contributed by atoms with Gasteiger partial charge in [-0.05, 0) is 24.3 Å². The zero-order valence-electron chi connectivity index (χ0n) is 10.0. The van der Waals surface area contributed by atoms with Crippen molar-refractivity contribution in [2.24, 2.45) is 0 Å². The van der Waals surface area contributed by atoms with E-state index in [0.717, 1.165) is 0 Å². The maximum Gasteiger partial charge on any atom is 0.335 e. The molecule has 0 bridgehead atoms. The van der Waals surface area contributed by atoms with Gasteiger partial charge in [-0.15, -0.1) is 0 Å². The second-order valence-electron chi connectivity index (χ2n) is 4.08. The van der Waals surface area contributed by atoms with Crippen LogP contribution < -0.4 is 11.2 Å². The SMILES string of the molecule is O=c1[nH]c(=O)n(-c2cccc3ncccc23)c(O)c1F. The zero-order chi connectivity index (χ0) is 14.3. The van der Waals surface area contributed by atoms with Gasteiger partial charge in [-0.3, -0.25) is 14.8 Å². The molecule has 20 heavy (non-hydrogen) atoms. The summed E-state index contributed by atoms with van der Waals surface area (Å²) in [5.74, 6) is -2.44. The van der Waals surface area contributed by atoms with E-state index in [9.17, 15) is 19.1 Å². The van der Waals surface area contributed by atoms with Crippen LogP contribution in [0.4, 0.5) is 4.39 Å². The van der Waals surface area contributed by atoms with Crippen LogP contribution in [-0.2, 0) is 0 Å².